The zero-order valence-corrected chi connectivity index (χ0v) is 25.7. The number of hydrogen-bond donors (Lipinski definition) is 3. The molecular weight excluding hydrogens is 603 g/mol. The lowest BCUT2D eigenvalue weighted by Crippen LogP contribution is -2.34. The van der Waals surface area contributed by atoms with E-state index in [4.69, 9.17) is 4.74 Å². The summed E-state index contributed by atoms with van der Waals surface area (Å²) in [6.45, 7) is 5.91. The van der Waals surface area contributed by atoms with Crippen LogP contribution in [0.3, 0.4) is 0 Å². The van der Waals surface area contributed by atoms with Gasteiger partial charge < -0.3 is 15.4 Å². The highest BCUT2D eigenvalue weighted by Gasteiger charge is 2.32. The molecule has 12 nitrogen and oxygen atoms in total. The van der Waals surface area contributed by atoms with Crippen molar-refractivity contribution < 1.29 is 31.1 Å². The number of alkyl halides is 1. The van der Waals surface area contributed by atoms with Crippen LogP contribution >= 0.6 is 0 Å². The number of hydrogen-bond acceptors (Lipinski definition) is 8. The zero-order chi connectivity index (χ0) is 32.2. The van der Waals surface area contributed by atoms with Crippen molar-refractivity contribution in [3.05, 3.63) is 46.4 Å². The van der Waals surface area contributed by atoms with Gasteiger partial charge >= 0.3 is 16.3 Å². The predicted octanol–water partition coefficient (Wildman–Crippen LogP) is 4.08. The lowest BCUT2D eigenvalue weighted by Gasteiger charge is -2.19. The fourth-order valence-electron chi connectivity index (χ4n) is 4.63. The molecule has 240 valence electrons. The summed E-state index contributed by atoms with van der Waals surface area (Å²) in [6, 6.07) is 2.99. The monoisotopic (exact) mass is 639 g/mol. The van der Waals surface area contributed by atoms with Gasteiger partial charge in [-0.3, -0.25) is 14.1 Å². The van der Waals surface area contributed by atoms with Gasteiger partial charge in [-0.15, -0.1) is 0 Å². The molecule has 1 aliphatic rings. The van der Waals surface area contributed by atoms with Gasteiger partial charge in [0.1, 0.15) is 23.2 Å². The van der Waals surface area contributed by atoms with Gasteiger partial charge in [-0.2, -0.15) is 17.7 Å². The first-order valence-electron chi connectivity index (χ1n) is 14.1. The van der Waals surface area contributed by atoms with Gasteiger partial charge in [0.05, 0.1) is 16.8 Å². The van der Waals surface area contributed by atoms with Crippen LogP contribution in [0.1, 0.15) is 46.5 Å². The molecule has 4 rings (SSSR count). The van der Waals surface area contributed by atoms with Crippen LogP contribution in [0.5, 0.6) is 0 Å². The Morgan fingerprint density at radius 1 is 1.16 bits per heavy atom. The molecule has 3 heterocycles. The molecule has 1 amide bonds. The van der Waals surface area contributed by atoms with Crippen LogP contribution < -0.4 is 20.9 Å². The summed E-state index contributed by atoms with van der Waals surface area (Å²) in [5.74, 6) is -2.12. The van der Waals surface area contributed by atoms with E-state index < -0.39 is 56.5 Å². The summed E-state index contributed by atoms with van der Waals surface area (Å²) in [6.07, 6.45) is 1.91. The number of amides is 1. The summed E-state index contributed by atoms with van der Waals surface area (Å²) < 4.78 is 78.5. The number of halogens is 3. The van der Waals surface area contributed by atoms with Crippen molar-refractivity contribution in [2.75, 3.05) is 36.2 Å². The smallest absolute Gasteiger partial charge is 0.407 e. The molecule has 0 bridgehead atoms. The van der Waals surface area contributed by atoms with Crippen LogP contribution in [0.15, 0.2) is 29.2 Å². The molecule has 3 N–H and O–H groups in total. The molecule has 0 aliphatic carbocycles. The van der Waals surface area contributed by atoms with Gasteiger partial charge in [-0.1, -0.05) is 0 Å². The number of aryl methyl sites for hydroxylation is 1. The van der Waals surface area contributed by atoms with Crippen LogP contribution in [-0.4, -0.2) is 71.3 Å². The summed E-state index contributed by atoms with van der Waals surface area (Å²) in [7, 11) is -2.92. The quantitative estimate of drug-likeness (QED) is 0.266. The Morgan fingerprint density at radius 3 is 2.57 bits per heavy atom. The van der Waals surface area contributed by atoms with Crippen molar-refractivity contribution in [1.82, 2.24) is 24.2 Å². The fourth-order valence-corrected chi connectivity index (χ4v) is 5.90. The number of ether oxygens (including phenoxy) is 1. The van der Waals surface area contributed by atoms with E-state index in [1.165, 1.54) is 19.3 Å². The molecule has 44 heavy (non-hydrogen) atoms. The number of pyridine rings is 1. The highest BCUT2D eigenvalue weighted by atomic mass is 32.2. The molecule has 1 atom stereocenters. The third kappa shape index (κ3) is 7.96. The van der Waals surface area contributed by atoms with Crippen molar-refractivity contribution in [3.63, 3.8) is 0 Å². The molecule has 1 aliphatic heterocycles. The average molecular weight is 640 g/mol. The lowest BCUT2D eigenvalue weighted by molar-refractivity contribution is 0.0527. The molecule has 1 aromatic carbocycles. The number of benzene rings is 1. The maximum atomic E-state index is 15.6. The first-order chi connectivity index (χ1) is 20.7. The topological polar surface area (TPSA) is 148 Å². The van der Waals surface area contributed by atoms with Gasteiger partial charge in [0.2, 0.25) is 5.95 Å². The SMILES string of the molecule is Cn1c(=O)c(-c2c(F)ccc(NS(=O)(=O)N3CC[C@@H](F)C3)c2F)cc2cnc(NCCCCCNC(=O)OC(C)(C)C)nc21. The van der Waals surface area contributed by atoms with Crippen LogP contribution in [0.4, 0.5) is 29.6 Å². The van der Waals surface area contributed by atoms with Crippen LogP contribution in [0, 0.1) is 11.6 Å². The summed E-state index contributed by atoms with van der Waals surface area (Å²) >= 11 is 0. The Labute approximate surface area is 253 Å². The second-order valence-electron chi connectivity index (χ2n) is 11.4. The van der Waals surface area contributed by atoms with Gasteiger partial charge in [0.25, 0.3) is 5.56 Å². The van der Waals surface area contributed by atoms with Gasteiger partial charge in [-0.25, -0.2) is 22.9 Å². The molecule has 3 aromatic rings. The normalized spacial score (nSPS) is 15.8. The van der Waals surface area contributed by atoms with Crippen molar-refractivity contribution >= 4 is 39.0 Å². The van der Waals surface area contributed by atoms with E-state index in [0.29, 0.717) is 18.5 Å². The molecular formula is C28H36F3N7O5S. The Morgan fingerprint density at radius 2 is 1.89 bits per heavy atom. The molecule has 16 heteroatoms. The number of fused-ring (bicyclic) bond motifs is 1. The molecule has 1 fully saturated rings. The number of carbonyl (C=O) groups is 1. The van der Waals surface area contributed by atoms with E-state index in [9.17, 15) is 26.8 Å². The van der Waals surface area contributed by atoms with E-state index in [1.54, 1.807) is 20.8 Å². The van der Waals surface area contributed by atoms with Crippen molar-refractivity contribution in [2.24, 2.45) is 7.05 Å². The van der Waals surface area contributed by atoms with Gasteiger partial charge in [0, 0.05) is 44.8 Å². The minimum atomic E-state index is -4.31. The highest BCUT2D eigenvalue weighted by Crippen LogP contribution is 2.31. The van der Waals surface area contributed by atoms with Crippen molar-refractivity contribution in [2.45, 2.75) is 58.2 Å². The zero-order valence-electron chi connectivity index (χ0n) is 24.9. The van der Waals surface area contributed by atoms with Crippen molar-refractivity contribution in [3.8, 4) is 11.1 Å². The highest BCUT2D eigenvalue weighted by molar-refractivity contribution is 7.90. The first kappa shape index (κ1) is 33.0. The van der Waals surface area contributed by atoms with Gasteiger partial charge in [-0.05, 0) is 64.7 Å². The predicted molar refractivity (Wildman–Crippen MR) is 160 cm³/mol. The second-order valence-corrected chi connectivity index (χ2v) is 13.1. The average Bonchev–Trinajstić information content (AvgIpc) is 3.39. The standard InChI is InChI=1S/C28H36F3N7O5S/c1-28(2,3)43-27(40)33-12-7-5-6-11-32-26-34-15-17-14-19(25(39)37(4)24(17)35-26)22-20(30)8-9-21(23(22)31)36-44(41,42)38-13-10-18(29)16-38/h8-9,14-15,18,36H,5-7,10-13,16H2,1-4H3,(H,33,40)(H,32,34,35)/t18-/m1/s1. The van der Waals surface area contributed by atoms with Crippen molar-refractivity contribution in [1.29, 1.82) is 0 Å². The largest absolute Gasteiger partial charge is 0.444 e. The van der Waals surface area contributed by atoms with E-state index in [1.807, 2.05) is 4.72 Å². The molecule has 0 unspecified atom stereocenters. The van der Waals surface area contributed by atoms with E-state index in [-0.39, 0.29) is 36.7 Å². The number of anilines is 2. The van der Waals surface area contributed by atoms with Crippen LogP contribution in [0.2, 0.25) is 0 Å². The molecule has 0 radical (unpaired) electrons. The minimum absolute atomic E-state index is 0.0135. The molecule has 2 aromatic heterocycles. The third-order valence-corrected chi connectivity index (χ3v) is 8.28. The third-order valence-electron chi connectivity index (χ3n) is 6.79. The van der Waals surface area contributed by atoms with E-state index >= 15 is 4.39 Å². The summed E-state index contributed by atoms with van der Waals surface area (Å²) in [5, 5.41) is 6.09. The summed E-state index contributed by atoms with van der Waals surface area (Å²) in [4.78, 5) is 33.5. The second kappa shape index (κ2) is 13.4. The van der Waals surface area contributed by atoms with Crippen LogP contribution in [0.25, 0.3) is 22.2 Å². The number of nitrogens with zero attached hydrogens (tertiary/aromatic N) is 4. The number of alkyl carbamates (subject to hydrolysis) is 1. The maximum absolute atomic E-state index is 15.6. The number of carbonyl (C=O) groups excluding carboxylic acids is 1. The molecule has 0 saturated carbocycles. The Balaban J connectivity index is 1.44. The van der Waals surface area contributed by atoms with Crippen LogP contribution in [-0.2, 0) is 22.0 Å². The van der Waals surface area contributed by atoms with E-state index in [0.717, 1.165) is 40.3 Å². The van der Waals surface area contributed by atoms with E-state index in [2.05, 4.69) is 20.6 Å². The lowest BCUT2D eigenvalue weighted by atomic mass is 10.0. The number of aromatic nitrogens is 3. The Kier molecular flexibility index (Phi) is 10.0. The number of rotatable bonds is 11. The minimum Gasteiger partial charge on any atom is -0.444 e. The Hall–Kier alpha value is -3.92. The first-order valence-corrected chi connectivity index (χ1v) is 15.6. The molecule has 1 saturated heterocycles. The van der Waals surface area contributed by atoms with Gasteiger partial charge in [0.15, 0.2) is 5.82 Å². The Bertz CT molecular complexity index is 1700. The number of nitrogens with one attached hydrogen (secondary N) is 3. The fraction of sp³-hybridized carbons (Fsp3) is 0.500. The summed E-state index contributed by atoms with van der Waals surface area (Å²) in [5.41, 5.74) is -2.77. The maximum Gasteiger partial charge on any atom is 0.407 e. The molecule has 0 spiro atoms. The number of unbranched alkanes of at least 4 members (excludes halogenated alkanes) is 2.